The molecule has 0 radical (unpaired) electrons. The molecule has 3 rings (SSSR count). The summed E-state index contributed by atoms with van der Waals surface area (Å²) in [6.07, 6.45) is 0. The zero-order valence-electron chi connectivity index (χ0n) is 14.1. The molecule has 0 spiro atoms. The second kappa shape index (κ2) is 7.49. The van der Waals surface area contributed by atoms with Gasteiger partial charge in [0.25, 0.3) is 11.6 Å². The van der Waals surface area contributed by atoms with Crippen LogP contribution in [0, 0.1) is 15.9 Å². The Balaban J connectivity index is 1.95. The van der Waals surface area contributed by atoms with Gasteiger partial charge < -0.3 is 15.0 Å². The van der Waals surface area contributed by atoms with Crippen molar-refractivity contribution in [2.45, 2.75) is 6.04 Å². The van der Waals surface area contributed by atoms with E-state index in [1.165, 1.54) is 0 Å². The highest BCUT2D eigenvalue weighted by Gasteiger charge is 2.32. The van der Waals surface area contributed by atoms with Crippen molar-refractivity contribution in [1.29, 1.82) is 0 Å². The van der Waals surface area contributed by atoms with Crippen molar-refractivity contribution in [3.05, 3.63) is 69.5 Å². The fourth-order valence-corrected chi connectivity index (χ4v) is 3.11. The number of hydrogen-bond donors (Lipinski definition) is 1. The predicted molar refractivity (Wildman–Crippen MR) is 92.7 cm³/mol. The first-order valence-electron chi connectivity index (χ1n) is 8.11. The molecule has 2 aromatic carbocycles. The van der Waals surface area contributed by atoms with E-state index in [0.29, 0.717) is 25.4 Å². The van der Waals surface area contributed by atoms with Crippen LogP contribution in [0.1, 0.15) is 22.0 Å². The van der Waals surface area contributed by atoms with Crippen LogP contribution in [-0.2, 0) is 0 Å². The molecule has 1 N–H and O–H groups in total. The molecule has 1 amide bonds. The fraction of sp³-hybridized carbons (Fsp3) is 0.278. The van der Waals surface area contributed by atoms with Gasteiger partial charge >= 0.3 is 0 Å². The van der Waals surface area contributed by atoms with E-state index >= 15 is 0 Å². The van der Waals surface area contributed by atoms with Gasteiger partial charge in [-0.3, -0.25) is 14.9 Å². The number of para-hydroxylation sites is 1. The minimum atomic E-state index is -0.901. The Bertz CT molecular complexity index is 843. The van der Waals surface area contributed by atoms with E-state index in [0.717, 1.165) is 23.8 Å². The summed E-state index contributed by atoms with van der Waals surface area (Å²) in [6.45, 7) is 1.46. The Morgan fingerprint density at radius 1 is 1.35 bits per heavy atom. The molecule has 1 aliphatic rings. The lowest BCUT2D eigenvalue weighted by Crippen LogP contribution is -2.49. The third kappa shape index (κ3) is 3.36. The van der Waals surface area contributed by atoms with Gasteiger partial charge in [0.05, 0.1) is 29.7 Å². The smallest absolute Gasteiger partial charge is 0.272 e. The van der Waals surface area contributed by atoms with Crippen molar-refractivity contribution in [1.82, 2.24) is 10.2 Å². The normalized spacial score (nSPS) is 17.0. The summed E-state index contributed by atoms with van der Waals surface area (Å²) in [5, 5.41) is 14.0. The van der Waals surface area contributed by atoms with Gasteiger partial charge in [0.2, 0.25) is 0 Å². The molecule has 0 aliphatic carbocycles. The number of rotatable bonds is 4. The van der Waals surface area contributed by atoms with E-state index < -0.39 is 16.6 Å². The highest BCUT2D eigenvalue weighted by atomic mass is 19.1. The first-order valence-corrected chi connectivity index (χ1v) is 8.11. The van der Waals surface area contributed by atoms with E-state index in [2.05, 4.69) is 5.32 Å². The van der Waals surface area contributed by atoms with Crippen molar-refractivity contribution < 1.29 is 18.8 Å². The second-order valence-electron chi connectivity index (χ2n) is 5.88. The van der Waals surface area contributed by atoms with Crippen LogP contribution in [0.3, 0.4) is 0 Å². The molecule has 1 fully saturated rings. The number of nitro benzene ring substituents is 1. The average molecular weight is 359 g/mol. The molecule has 0 saturated carbocycles. The van der Waals surface area contributed by atoms with E-state index in [1.807, 2.05) is 18.2 Å². The number of benzene rings is 2. The molecule has 26 heavy (non-hydrogen) atoms. The van der Waals surface area contributed by atoms with Crippen LogP contribution in [0.15, 0.2) is 42.5 Å². The predicted octanol–water partition coefficient (Wildman–Crippen LogP) is 2.53. The topological polar surface area (TPSA) is 84.7 Å². The number of nitrogens with one attached hydrogen (secondary N) is 1. The second-order valence-corrected chi connectivity index (χ2v) is 5.88. The monoisotopic (exact) mass is 359 g/mol. The molecular weight excluding hydrogens is 341 g/mol. The van der Waals surface area contributed by atoms with Crippen molar-refractivity contribution in [2.24, 2.45) is 0 Å². The number of non-ortho nitro benzene ring substituents is 1. The fourth-order valence-electron chi connectivity index (χ4n) is 3.11. The molecule has 1 unspecified atom stereocenters. The number of amides is 1. The summed E-state index contributed by atoms with van der Waals surface area (Å²) in [7, 11) is 1.55. The van der Waals surface area contributed by atoms with Gasteiger partial charge in [0, 0.05) is 31.3 Å². The van der Waals surface area contributed by atoms with Crippen LogP contribution in [-0.4, -0.2) is 42.5 Å². The quantitative estimate of drug-likeness (QED) is 0.670. The number of ether oxygens (including phenoxy) is 1. The van der Waals surface area contributed by atoms with Gasteiger partial charge in [-0.15, -0.1) is 0 Å². The van der Waals surface area contributed by atoms with E-state index in [-0.39, 0.29) is 17.3 Å². The Kier molecular flexibility index (Phi) is 5.13. The number of carbonyl (C=O) groups is 1. The molecule has 0 bridgehead atoms. The Hall–Kier alpha value is -3.00. The van der Waals surface area contributed by atoms with E-state index in [9.17, 15) is 19.3 Å². The zero-order valence-corrected chi connectivity index (χ0v) is 14.1. The molecule has 8 heteroatoms. The van der Waals surface area contributed by atoms with Crippen molar-refractivity contribution in [3.63, 3.8) is 0 Å². The van der Waals surface area contributed by atoms with Crippen LogP contribution < -0.4 is 10.1 Å². The van der Waals surface area contributed by atoms with Gasteiger partial charge in [-0.1, -0.05) is 18.2 Å². The largest absolute Gasteiger partial charge is 0.496 e. The van der Waals surface area contributed by atoms with Crippen LogP contribution in [0.2, 0.25) is 0 Å². The lowest BCUT2D eigenvalue weighted by atomic mass is 10.0. The minimum Gasteiger partial charge on any atom is -0.496 e. The lowest BCUT2D eigenvalue weighted by molar-refractivity contribution is -0.385. The lowest BCUT2D eigenvalue weighted by Gasteiger charge is -2.37. The first-order chi connectivity index (χ1) is 12.5. The van der Waals surface area contributed by atoms with Crippen LogP contribution in [0.25, 0.3) is 0 Å². The zero-order chi connectivity index (χ0) is 18.7. The van der Waals surface area contributed by atoms with Gasteiger partial charge in [0.15, 0.2) is 0 Å². The van der Waals surface area contributed by atoms with E-state index in [4.69, 9.17) is 4.74 Å². The van der Waals surface area contributed by atoms with Gasteiger partial charge in [0.1, 0.15) is 11.6 Å². The number of nitro groups is 1. The molecule has 1 heterocycles. The summed E-state index contributed by atoms with van der Waals surface area (Å²) in [5.74, 6) is -0.764. The molecule has 2 aromatic rings. The highest BCUT2D eigenvalue weighted by molar-refractivity contribution is 5.95. The minimum absolute atomic E-state index is 0.183. The maximum Gasteiger partial charge on any atom is 0.272 e. The van der Waals surface area contributed by atoms with Crippen LogP contribution in [0.5, 0.6) is 5.75 Å². The maximum absolute atomic E-state index is 14.3. The third-order valence-electron chi connectivity index (χ3n) is 4.40. The summed E-state index contributed by atoms with van der Waals surface area (Å²) >= 11 is 0. The van der Waals surface area contributed by atoms with Gasteiger partial charge in [-0.05, 0) is 12.1 Å². The van der Waals surface area contributed by atoms with Crippen molar-refractivity contribution in [2.75, 3.05) is 26.7 Å². The number of methoxy groups -OCH3 is 1. The molecule has 136 valence electrons. The molecular formula is C18H18FN3O4. The standard InChI is InChI=1S/C18H18FN3O4/c1-26-17-5-3-2-4-14(17)16-11-20-8-9-21(16)18(23)13-7-6-12(22(24)25)10-15(13)19/h2-7,10,16,20H,8-9,11H2,1H3. The summed E-state index contributed by atoms with van der Waals surface area (Å²) in [4.78, 5) is 24.6. The molecule has 7 nitrogen and oxygen atoms in total. The Labute approximate surface area is 149 Å². The Morgan fingerprint density at radius 3 is 2.81 bits per heavy atom. The van der Waals surface area contributed by atoms with Gasteiger partial charge in [-0.2, -0.15) is 0 Å². The number of nitrogens with zero attached hydrogens (tertiary/aromatic N) is 2. The number of piperazine rings is 1. The van der Waals surface area contributed by atoms with E-state index in [1.54, 1.807) is 18.1 Å². The van der Waals surface area contributed by atoms with Crippen LogP contribution in [0.4, 0.5) is 10.1 Å². The highest BCUT2D eigenvalue weighted by Crippen LogP contribution is 2.31. The third-order valence-corrected chi connectivity index (χ3v) is 4.40. The summed E-state index contributed by atoms with van der Waals surface area (Å²) in [6, 6.07) is 10.1. The Morgan fingerprint density at radius 2 is 2.12 bits per heavy atom. The summed E-state index contributed by atoms with van der Waals surface area (Å²) < 4.78 is 19.7. The average Bonchev–Trinajstić information content (AvgIpc) is 2.67. The summed E-state index contributed by atoms with van der Waals surface area (Å²) in [5.41, 5.74) is 0.246. The molecule has 1 aliphatic heterocycles. The number of carbonyl (C=O) groups excluding carboxylic acids is 1. The number of halogens is 1. The van der Waals surface area contributed by atoms with Crippen molar-refractivity contribution in [3.8, 4) is 5.75 Å². The SMILES string of the molecule is COc1ccccc1C1CNCCN1C(=O)c1ccc([N+](=O)[O-])cc1F. The molecule has 0 aromatic heterocycles. The molecule has 1 saturated heterocycles. The van der Waals surface area contributed by atoms with Crippen LogP contribution >= 0.6 is 0 Å². The molecule has 1 atom stereocenters. The van der Waals surface area contributed by atoms with Gasteiger partial charge in [-0.25, -0.2) is 4.39 Å². The maximum atomic E-state index is 14.3. The van der Waals surface area contributed by atoms with Crippen molar-refractivity contribution >= 4 is 11.6 Å². The number of hydrogen-bond acceptors (Lipinski definition) is 5. The first kappa shape index (κ1) is 17.8.